The first-order valence-electron chi connectivity index (χ1n) is 7.34. The Bertz CT molecular complexity index is 602. The zero-order valence-corrected chi connectivity index (χ0v) is 17.0. The van der Waals surface area contributed by atoms with Gasteiger partial charge in [-0.25, -0.2) is 9.88 Å². The topological polar surface area (TPSA) is 25.1 Å². The average Bonchev–Trinajstić information content (AvgIpc) is 2.75. The second-order valence-electron chi connectivity index (χ2n) is 5.58. The lowest BCUT2D eigenvalue weighted by Crippen LogP contribution is -3.00. The molecule has 0 bridgehead atoms. The second-order valence-corrected chi connectivity index (χ2v) is 6.44. The van der Waals surface area contributed by atoms with Crippen molar-refractivity contribution in [3.05, 3.63) is 39.9 Å². The van der Waals surface area contributed by atoms with E-state index in [-0.39, 0.29) is 24.0 Å². The first-order chi connectivity index (χ1) is 10.0. The van der Waals surface area contributed by atoms with Crippen LogP contribution in [-0.2, 0) is 11.3 Å². The van der Waals surface area contributed by atoms with Gasteiger partial charge in [-0.2, -0.15) is 0 Å². The van der Waals surface area contributed by atoms with E-state index in [2.05, 4.69) is 55.1 Å². The predicted molar refractivity (Wildman–Crippen MR) is 89.7 cm³/mol. The van der Waals surface area contributed by atoms with Gasteiger partial charge in [0.25, 0.3) is 0 Å². The van der Waals surface area contributed by atoms with E-state index in [0.717, 1.165) is 19.6 Å². The Kier molecular flexibility index (Phi) is 7.79. The quantitative estimate of drug-likeness (QED) is 0.420. The van der Waals surface area contributed by atoms with Crippen molar-refractivity contribution in [2.24, 2.45) is 0 Å². The van der Waals surface area contributed by atoms with Crippen LogP contribution >= 0.6 is 11.3 Å². The van der Waals surface area contributed by atoms with Gasteiger partial charge in [0, 0.05) is 25.5 Å². The first-order valence-corrected chi connectivity index (χ1v) is 8.22. The van der Waals surface area contributed by atoms with Crippen molar-refractivity contribution in [3.63, 3.8) is 0 Å². The average molecular weight is 432 g/mol. The van der Waals surface area contributed by atoms with Gasteiger partial charge in [0.2, 0.25) is 0 Å². The summed E-state index contributed by atoms with van der Waals surface area (Å²) in [4.78, 5) is 0. The molecule has 0 aliphatic heterocycles. The van der Waals surface area contributed by atoms with E-state index < -0.39 is 0 Å². The van der Waals surface area contributed by atoms with Crippen LogP contribution in [0.25, 0.3) is 0 Å². The van der Waals surface area contributed by atoms with Gasteiger partial charge in [0.1, 0.15) is 11.4 Å². The smallest absolute Gasteiger partial charge is 0.339 e. The molecule has 5 heteroatoms. The lowest BCUT2D eigenvalue weighted by molar-refractivity contribution is -0.685. The molecule has 0 saturated carbocycles. The molecule has 0 radical (unpaired) electrons. The van der Waals surface area contributed by atoms with Gasteiger partial charge in [-0.1, -0.05) is 29.0 Å². The van der Waals surface area contributed by atoms with Crippen LogP contribution in [0.2, 0.25) is 0 Å². The monoisotopic (exact) mass is 432 g/mol. The minimum absolute atomic E-state index is 0. The number of halogens is 1. The third kappa shape index (κ3) is 4.67. The molecule has 0 atom stereocenters. The minimum atomic E-state index is 0. The molecule has 2 rings (SSSR count). The van der Waals surface area contributed by atoms with Crippen molar-refractivity contribution in [2.45, 2.75) is 40.7 Å². The maximum atomic E-state index is 5.16. The molecule has 22 heavy (non-hydrogen) atoms. The van der Waals surface area contributed by atoms with Crippen LogP contribution in [-0.4, -0.2) is 13.7 Å². The van der Waals surface area contributed by atoms with Gasteiger partial charge in [0.05, 0.1) is 6.54 Å². The van der Waals surface area contributed by atoms with E-state index in [4.69, 9.17) is 4.74 Å². The maximum absolute atomic E-state index is 5.16. The molecular formula is C17H25IN2OS. The van der Waals surface area contributed by atoms with Crippen molar-refractivity contribution in [2.75, 3.05) is 19.0 Å². The molecule has 0 fully saturated rings. The number of nitrogens with zero attached hydrogens (tertiary/aromatic N) is 1. The fourth-order valence-corrected chi connectivity index (χ4v) is 3.59. The molecule has 0 saturated heterocycles. The molecule has 3 nitrogen and oxygen atoms in total. The van der Waals surface area contributed by atoms with Gasteiger partial charge in [-0.15, -0.1) is 0 Å². The number of rotatable bonds is 6. The highest BCUT2D eigenvalue weighted by atomic mass is 127. The third-order valence-corrected chi connectivity index (χ3v) is 4.66. The molecular weight excluding hydrogens is 407 g/mol. The van der Waals surface area contributed by atoms with Gasteiger partial charge in [-0.3, -0.25) is 0 Å². The zero-order valence-electron chi connectivity index (χ0n) is 14.0. The highest BCUT2D eigenvalue weighted by molar-refractivity contribution is 7.13. The standard InChI is InChI=1S/C17H24N2OS.HI/c1-12-9-13(2)16(14(3)10-12)18-17-19(7-6-8-20-5)15(4)11-21-17;/h9-11H,6-8H2,1-5H3;1H. The van der Waals surface area contributed by atoms with Crippen LogP contribution in [0, 0.1) is 27.7 Å². The SMILES string of the molecule is COCCC[n+]1c(C)csc1Nc1c(C)cc(C)cc1C.[I-]. The Morgan fingerprint density at radius 1 is 1.14 bits per heavy atom. The highest BCUT2D eigenvalue weighted by Gasteiger charge is 2.18. The number of benzene rings is 1. The molecule has 1 aromatic heterocycles. The van der Waals surface area contributed by atoms with Crippen molar-refractivity contribution in [1.82, 2.24) is 0 Å². The molecule has 122 valence electrons. The van der Waals surface area contributed by atoms with E-state index in [1.54, 1.807) is 18.4 Å². The number of nitrogens with one attached hydrogen (secondary N) is 1. The summed E-state index contributed by atoms with van der Waals surface area (Å²) in [7, 11) is 1.75. The minimum Gasteiger partial charge on any atom is -1.00 e. The molecule has 0 amide bonds. The van der Waals surface area contributed by atoms with E-state index in [1.807, 2.05) is 0 Å². The Balaban J connectivity index is 0.00000242. The summed E-state index contributed by atoms with van der Waals surface area (Å²) in [6.07, 6.45) is 1.03. The normalized spacial score (nSPS) is 10.4. The van der Waals surface area contributed by atoms with E-state index in [0.29, 0.717) is 0 Å². The molecule has 1 aromatic carbocycles. The summed E-state index contributed by atoms with van der Waals surface area (Å²) in [6, 6.07) is 4.45. The number of thiazole rings is 1. The Morgan fingerprint density at radius 3 is 2.36 bits per heavy atom. The molecule has 0 aliphatic rings. The Hall–Kier alpha value is -0.660. The van der Waals surface area contributed by atoms with Crippen molar-refractivity contribution in [1.29, 1.82) is 0 Å². The van der Waals surface area contributed by atoms with Crippen LogP contribution < -0.4 is 33.9 Å². The van der Waals surface area contributed by atoms with Gasteiger partial charge in [0.15, 0.2) is 0 Å². The van der Waals surface area contributed by atoms with Crippen molar-refractivity contribution < 1.29 is 33.3 Å². The summed E-state index contributed by atoms with van der Waals surface area (Å²) >= 11 is 1.76. The molecule has 0 aliphatic carbocycles. The second kappa shape index (κ2) is 8.84. The Labute approximate surface area is 154 Å². The summed E-state index contributed by atoms with van der Waals surface area (Å²) in [5.41, 5.74) is 6.42. The lowest BCUT2D eigenvalue weighted by Gasteiger charge is -2.09. The van der Waals surface area contributed by atoms with Crippen LogP contribution in [0.15, 0.2) is 17.5 Å². The van der Waals surface area contributed by atoms with Crippen LogP contribution in [0.1, 0.15) is 28.8 Å². The molecule has 0 unspecified atom stereocenters. The number of aromatic nitrogens is 1. The van der Waals surface area contributed by atoms with Gasteiger partial charge >= 0.3 is 5.13 Å². The number of methoxy groups -OCH3 is 1. The number of aryl methyl sites for hydroxylation is 4. The van der Waals surface area contributed by atoms with E-state index in [9.17, 15) is 0 Å². The third-order valence-electron chi connectivity index (χ3n) is 3.65. The molecule has 2 aromatic rings. The number of hydrogen-bond donors (Lipinski definition) is 1. The van der Waals surface area contributed by atoms with Gasteiger partial charge in [-0.05, 0) is 38.8 Å². The van der Waals surface area contributed by atoms with Crippen LogP contribution in [0.5, 0.6) is 0 Å². The highest BCUT2D eigenvalue weighted by Crippen LogP contribution is 2.27. The first kappa shape index (κ1) is 19.4. The van der Waals surface area contributed by atoms with Gasteiger partial charge < -0.3 is 28.7 Å². The summed E-state index contributed by atoms with van der Waals surface area (Å²) in [6.45, 7) is 10.4. The lowest BCUT2D eigenvalue weighted by atomic mass is 10.1. The van der Waals surface area contributed by atoms with Crippen molar-refractivity contribution in [3.8, 4) is 0 Å². The van der Waals surface area contributed by atoms with E-state index in [1.165, 1.54) is 33.2 Å². The number of ether oxygens (including phenoxy) is 1. The number of hydrogen-bond acceptors (Lipinski definition) is 3. The Morgan fingerprint density at radius 2 is 1.77 bits per heavy atom. The van der Waals surface area contributed by atoms with Crippen LogP contribution in [0.4, 0.5) is 10.8 Å². The summed E-state index contributed by atoms with van der Waals surface area (Å²) < 4.78 is 7.49. The fourth-order valence-electron chi connectivity index (χ4n) is 2.65. The largest absolute Gasteiger partial charge is 1.00 e. The summed E-state index contributed by atoms with van der Waals surface area (Å²) in [5.74, 6) is 0. The number of anilines is 2. The predicted octanol–water partition coefficient (Wildman–Crippen LogP) is 1.05. The fraction of sp³-hybridized carbons (Fsp3) is 0.471. The van der Waals surface area contributed by atoms with E-state index >= 15 is 0 Å². The molecule has 0 spiro atoms. The van der Waals surface area contributed by atoms with Crippen LogP contribution in [0.3, 0.4) is 0 Å². The summed E-state index contributed by atoms with van der Waals surface area (Å²) in [5, 5.41) is 7.02. The molecule has 1 N–H and O–H groups in total. The maximum Gasteiger partial charge on any atom is 0.339 e. The zero-order chi connectivity index (χ0) is 15.4. The molecule has 1 heterocycles. The van der Waals surface area contributed by atoms with Crippen molar-refractivity contribution >= 4 is 22.2 Å².